The van der Waals surface area contributed by atoms with Crippen molar-refractivity contribution in [3.8, 4) is 0 Å². The number of carboxylic acids is 1. The van der Waals surface area contributed by atoms with Gasteiger partial charge in [-0.05, 0) is 32.4 Å². The van der Waals surface area contributed by atoms with Crippen molar-refractivity contribution in [2.45, 2.75) is 33.2 Å². The number of ether oxygens (including phenoxy) is 1. The molecule has 1 aromatic rings. The van der Waals surface area contributed by atoms with Crippen LogP contribution in [-0.2, 0) is 9.53 Å². The van der Waals surface area contributed by atoms with Crippen LogP contribution in [0.15, 0.2) is 18.3 Å². The van der Waals surface area contributed by atoms with Crippen LogP contribution in [0.4, 0.5) is 5.82 Å². The van der Waals surface area contributed by atoms with E-state index in [0.717, 1.165) is 6.42 Å². The van der Waals surface area contributed by atoms with Crippen molar-refractivity contribution in [2.24, 2.45) is 0 Å². The van der Waals surface area contributed by atoms with E-state index in [1.165, 1.54) is 6.20 Å². The second-order valence-corrected chi connectivity index (χ2v) is 4.37. The topological polar surface area (TPSA) is 79.7 Å². The maximum absolute atomic E-state index is 11.9. The molecule has 0 amide bonds. The van der Waals surface area contributed by atoms with E-state index >= 15 is 0 Å². The Morgan fingerprint density at radius 1 is 1.45 bits per heavy atom. The number of carbonyl (C=O) groups excluding carboxylic acids is 1. The number of carboxylic acid groups (broad SMARTS) is 1. The fourth-order valence-electron chi connectivity index (χ4n) is 1.80. The largest absolute Gasteiger partial charge is 0.480 e. The van der Waals surface area contributed by atoms with Crippen LogP contribution in [0.25, 0.3) is 0 Å². The Balaban J connectivity index is 3.18. The van der Waals surface area contributed by atoms with Crippen molar-refractivity contribution in [1.82, 2.24) is 4.98 Å². The van der Waals surface area contributed by atoms with Gasteiger partial charge in [0.05, 0.1) is 6.61 Å². The maximum Gasteiger partial charge on any atom is 0.341 e. The van der Waals surface area contributed by atoms with Gasteiger partial charge in [-0.3, -0.25) is 4.79 Å². The molecular formula is C14H20N2O4. The third-order valence-corrected chi connectivity index (χ3v) is 2.98. The molecule has 6 nitrogen and oxygen atoms in total. The van der Waals surface area contributed by atoms with Crippen molar-refractivity contribution in [3.05, 3.63) is 23.9 Å². The van der Waals surface area contributed by atoms with Gasteiger partial charge in [0.15, 0.2) is 0 Å². The summed E-state index contributed by atoms with van der Waals surface area (Å²) >= 11 is 0. The predicted octanol–water partition coefficient (Wildman–Crippen LogP) is 1.95. The fourth-order valence-corrected chi connectivity index (χ4v) is 1.80. The lowest BCUT2D eigenvalue weighted by Gasteiger charge is -2.29. The first-order valence-corrected chi connectivity index (χ1v) is 6.61. The number of carbonyl (C=O) groups is 2. The highest BCUT2D eigenvalue weighted by atomic mass is 16.5. The second-order valence-electron chi connectivity index (χ2n) is 4.37. The average Bonchev–Trinajstić information content (AvgIpc) is 2.44. The fraction of sp³-hybridized carbons (Fsp3) is 0.500. The second kappa shape index (κ2) is 7.47. The average molecular weight is 280 g/mol. The number of hydrogen-bond donors (Lipinski definition) is 1. The molecule has 1 aromatic heterocycles. The van der Waals surface area contributed by atoms with E-state index in [1.807, 2.05) is 13.8 Å². The number of aromatic nitrogens is 1. The molecule has 0 aliphatic heterocycles. The highest BCUT2D eigenvalue weighted by molar-refractivity contribution is 5.95. The molecule has 1 heterocycles. The molecule has 1 unspecified atom stereocenters. The zero-order valence-electron chi connectivity index (χ0n) is 12.0. The molecule has 6 heteroatoms. The first-order chi connectivity index (χ1) is 9.51. The van der Waals surface area contributed by atoms with Crippen LogP contribution in [0.1, 0.15) is 37.6 Å². The zero-order valence-corrected chi connectivity index (χ0v) is 12.0. The van der Waals surface area contributed by atoms with Crippen molar-refractivity contribution in [3.63, 3.8) is 0 Å². The van der Waals surface area contributed by atoms with Gasteiger partial charge in [0.2, 0.25) is 0 Å². The molecule has 0 aliphatic carbocycles. The lowest BCUT2D eigenvalue weighted by molar-refractivity contribution is -0.135. The van der Waals surface area contributed by atoms with Gasteiger partial charge in [-0.15, -0.1) is 0 Å². The van der Waals surface area contributed by atoms with Crippen molar-refractivity contribution in [1.29, 1.82) is 0 Å². The number of anilines is 1. The Morgan fingerprint density at radius 3 is 2.70 bits per heavy atom. The van der Waals surface area contributed by atoms with Crippen LogP contribution in [0.2, 0.25) is 0 Å². The molecule has 0 aliphatic rings. The van der Waals surface area contributed by atoms with Crippen LogP contribution < -0.4 is 4.90 Å². The molecular weight excluding hydrogens is 260 g/mol. The lowest BCUT2D eigenvalue weighted by Crippen LogP contribution is -2.38. The third kappa shape index (κ3) is 3.94. The number of pyridine rings is 1. The number of aliphatic carboxylic acids is 1. The Morgan fingerprint density at radius 2 is 2.15 bits per heavy atom. The Hall–Kier alpha value is -2.11. The van der Waals surface area contributed by atoms with Crippen molar-refractivity contribution in [2.75, 3.05) is 18.1 Å². The van der Waals surface area contributed by atoms with Crippen LogP contribution in [0, 0.1) is 0 Å². The summed E-state index contributed by atoms with van der Waals surface area (Å²) in [4.78, 5) is 28.7. The molecule has 1 atom stereocenters. The van der Waals surface area contributed by atoms with E-state index in [2.05, 4.69) is 4.98 Å². The first-order valence-electron chi connectivity index (χ1n) is 6.61. The number of hydrogen-bond acceptors (Lipinski definition) is 5. The molecule has 0 spiro atoms. The van der Waals surface area contributed by atoms with Gasteiger partial charge in [0, 0.05) is 12.2 Å². The highest BCUT2D eigenvalue weighted by Crippen LogP contribution is 2.21. The van der Waals surface area contributed by atoms with Crippen LogP contribution in [0.5, 0.6) is 0 Å². The SMILES string of the molecule is CCOC(=O)c1cccnc1N(CC(=O)O)C(C)CC. The van der Waals surface area contributed by atoms with Crippen LogP contribution in [-0.4, -0.2) is 41.2 Å². The summed E-state index contributed by atoms with van der Waals surface area (Å²) in [7, 11) is 0. The Kier molecular flexibility index (Phi) is 5.96. The molecule has 1 N–H and O–H groups in total. The van der Waals surface area contributed by atoms with Crippen LogP contribution in [0.3, 0.4) is 0 Å². The minimum absolute atomic E-state index is 0.0471. The van der Waals surface area contributed by atoms with Gasteiger partial charge in [-0.2, -0.15) is 0 Å². The number of rotatable bonds is 7. The van der Waals surface area contributed by atoms with Crippen LogP contribution >= 0.6 is 0 Å². The number of esters is 1. The smallest absolute Gasteiger partial charge is 0.341 e. The monoisotopic (exact) mass is 280 g/mol. The zero-order chi connectivity index (χ0) is 15.1. The van der Waals surface area contributed by atoms with E-state index in [-0.39, 0.29) is 24.8 Å². The Bertz CT molecular complexity index is 476. The van der Waals surface area contributed by atoms with E-state index in [4.69, 9.17) is 9.84 Å². The number of nitrogens with zero attached hydrogens (tertiary/aromatic N) is 2. The molecule has 0 saturated carbocycles. The van der Waals surface area contributed by atoms with Gasteiger partial charge >= 0.3 is 11.9 Å². The minimum Gasteiger partial charge on any atom is -0.480 e. The van der Waals surface area contributed by atoms with Gasteiger partial charge in [0.25, 0.3) is 0 Å². The lowest BCUT2D eigenvalue weighted by atomic mass is 10.1. The van der Waals surface area contributed by atoms with E-state index in [1.54, 1.807) is 24.0 Å². The van der Waals surface area contributed by atoms with Crippen molar-refractivity contribution >= 4 is 17.8 Å². The quantitative estimate of drug-likeness (QED) is 0.769. The van der Waals surface area contributed by atoms with Gasteiger partial charge < -0.3 is 14.7 Å². The molecule has 0 aromatic carbocycles. The Labute approximate surface area is 118 Å². The molecule has 0 fully saturated rings. The molecule has 110 valence electrons. The maximum atomic E-state index is 11.9. The molecule has 1 rings (SSSR count). The summed E-state index contributed by atoms with van der Waals surface area (Å²) in [5.41, 5.74) is 0.288. The van der Waals surface area contributed by atoms with E-state index < -0.39 is 11.9 Å². The summed E-state index contributed by atoms with van der Waals surface area (Å²) in [6, 6.07) is 3.18. The van der Waals surface area contributed by atoms with Gasteiger partial charge in [-0.1, -0.05) is 6.92 Å². The molecule has 20 heavy (non-hydrogen) atoms. The molecule has 0 radical (unpaired) electrons. The summed E-state index contributed by atoms with van der Waals surface area (Å²) < 4.78 is 4.98. The standard InChI is InChI=1S/C14H20N2O4/c1-4-10(3)16(9-12(17)18)13-11(7-6-8-15-13)14(19)20-5-2/h6-8,10H,4-5,9H2,1-3H3,(H,17,18). The summed E-state index contributed by atoms with van der Waals surface area (Å²) in [5.74, 6) is -1.11. The minimum atomic E-state index is -0.967. The summed E-state index contributed by atoms with van der Waals surface area (Å²) in [6.07, 6.45) is 2.28. The first kappa shape index (κ1) is 15.9. The predicted molar refractivity (Wildman–Crippen MR) is 74.9 cm³/mol. The molecule has 0 bridgehead atoms. The third-order valence-electron chi connectivity index (χ3n) is 2.98. The normalized spacial score (nSPS) is 11.8. The summed E-state index contributed by atoms with van der Waals surface area (Å²) in [6.45, 7) is 5.62. The van der Waals surface area contributed by atoms with E-state index in [9.17, 15) is 9.59 Å². The van der Waals surface area contributed by atoms with Gasteiger partial charge in [-0.25, -0.2) is 9.78 Å². The van der Waals surface area contributed by atoms with Gasteiger partial charge in [0.1, 0.15) is 17.9 Å². The highest BCUT2D eigenvalue weighted by Gasteiger charge is 2.23. The summed E-state index contributed by atoms with van der Waals surface area (Å²) in [5, 5.41) is 9.04. The molecule has 0 saturated heterocycles. The van der Waals surface area contributed by atoms with Crippen molar-refractivity contribution < 1.29 is 19.4 Å². The van der Waals surface area contributed by atoms with E-state index in [0.29, 0.717) is 5.82 Å².